The third-order valence-electron chi connectivity index (χ3n) is 4.53. The highest BCUT2D eigenvalue weighted by atomic mass is 35.5. The molecule has 6 heteroatoms. The monoisotopic (exact) mass is 419 g/mol. The third kappa shape index (κ3) is 4.36. The number of carbonyl (C=O) groups excluding carboxylic acids is 1. The minimum atomic E-state index is -0.381. The summed E-state index contributed by atoms with van der Waals surface area (Å²) in [5.74, 6) is -0.0967. The molecule has 30 heavy (non-hydrogen) atoms. The van der Waals surface area contributed by atoms with Gasteiger partial charge in [-0.1, -0.05) is 72.3 Å². The van der Waals surface area contributed by atoms with Crippen molar-refractivity contribution >= 4 is 28.5 Å². The van der Waals surface area contributed by atoms with Gasteiger partial charge >= 0.3 is 0 Å². The normalized spacial score (nSPS) is 10.7. The Morgan fingerprint density at radius 2 is 1.67 bits per heavy atom. The summed E-state index contributed by atoms with van der Waals surface area (Å²) in [5, 5.41) is 3.48. The zero-order valence-electron chi connectivity index (χ0n) is 15.9. The molecule has 4 aromatic rings. The average molecular weight is 420 g/mol. The first-order valence-corrected chi connectivity index (χ1v) is 9.75. The van der Waals surface area contributed by atoms with Crippen LogP contribution in [0.15, 0.2) is 88.1 Å². The minimum Gasteiger partial charge on any atom is -0.476 e. The molecule has 150 valence electrons. The number of benzene rings is 3. The van der Waals surface area contributed by atoms with Gasteiger partial charge in [-0.2, -0.15) is 0 Å². The van der Waals surface area contributed by atoms with Gasteiger partial charge in [0.15, 0.2) is 12.4 Å². The zero-order valence-corrected chi connectivity index (χ0v) is 16.7. The van der Waals surface area contributed by atoms with Crippen LogP contribution in [0.1, 0.15) is 5.56 Å². The van der Waals surface area contributed by atoms with E-state index in [1.807, 2.05) is 60.7 Å². The number of carbonyl (C=O) groups is 1. The highest BCUT2D eigenvalue weighted by molar-refractivity contribution is 6.31. The Bertz CT molecular complexity index is 1240. The van der Waals surface area contributed by atoms with Crippen LogP contribution in [0.25, 0.3) is 22.3 Å². The number of amides is 1. The van der Waals surface area contributed by atoms with E-state index in [4.69, 9.17) is 20.8 Å². The van der Waals surface area contributed by atoms with Crippen LogP contribution in [-0.4, -0.2) is 12.5 Å². The molecule has 1 N–H and O–H groups in total. The fraction of sp³-hybridized carbons (Fsp3) is 0.0833. The maximum absolute atomic E-state index is 13.1. The van der Waals surface area contributed by atoms with E-state index in [1.54, 1.807) is 12.1 Å². The van der Waals surface area contributed by atoms with E-state index in [0.717, 1.165) is 5.56 Å². The van der Waals surface area contributed by atoms with Crippen molar-refractivity contribution in [1.29, 1.82) is 0 Å². The third-order valence-corrected chi connectivity index (χ3v) is 4.76. The van der Waals surface area contributed by atoms with Crippen LogP contribution in [0.3, 0.4) is 0 Å². The van der Waals surface area contributed by atoms with Gasteiger partial charge in [-0.15, -0.1) is 0 Å². The van der Waals surface area contributed by atoms with Gasteiger partial charge in [-0.3, -0.25) is 9.59 Å². The molecular weight excluding hydrogens is 402 g/mol. The second-order valence-corrected chi connectivity index (χ2v) is 7.08. The molecule has 0 fully saturated rings. The standard InChI is InChI=1S/C24H18ClNO4/c25-18-11-12-20-19(13-18)22(28)24(23(30-20)17-9-5-2-6-10-17)29-15-21(27)26-14-16-7-3-1-4-8-16/h1-13H,14-15H2,(H,26,27). The lowest BCUT2D eigenvalue weighted by Gasteiger charge is -2.12. The summed E-state index contributed by atoms with van der Waals surface area (Å²) in [7, 11) is 0. The number of rotatable bonds is 6. The Morgan fingerprint density at radius 1 is 0.967 bits per heavy atom. The predicted octanol–water partition coefficient (Wildman–Crippen LogP) is 4.81. The predicted molar refractivity (Wildman–Crippen MR) is 117 cm³/mol. The Morgan fingerprint density at radius 3 is 2.40 bits per heavy atom. The van der Waals surface area contributed by atoms with Gasteiger partial charge in [0.2, 0.25) is 11.2 Å². The van der Waals surface area contributed by atoms with E-state index in [9.17, 15) is 9.59 Å². The fourth-order valence-corrected chi connectivity index (χ4v) is 3.22. The quantitative estimate of drug-likeness (QED) is 0.487. The first-order chi connectivity index (χ1) is 14.6. The van der Waals surface area contributed by atoms with Crippen LogP contribution in [0.5, 0.6) is 5.75 Å². The molecule has 0 unspecified atom stereocenters. The molecule has 1 amide bonds. The average Bonchev–Trinajstić information content (AvgIpc) is 2.78. The molecule has 0 radical (unpaired) electrons. The number of hydrogen-bond acceptors (Lipinski definition) is 4. The van der Waals surface area contributed by atoms with Crippen LogP contribution in [0.2, 0.25) is 5.02 Å². The molecule has 4 rings (SSSR count). The molecule has 1 heterocycles. The van der Waals surface area contributed by atoms with Crippen molar-refractivity contribution in [2.24, 2.45) is 0 Å². The molecule has 1 aromatic heterocycles. The van der Waals surface area contributed by atoms with E-state index in [0.29, 0.717) is 28.1 Å². The first kappa shape index (κ1) is 19.7. The van der Waals surface area contributed by atoms with Crippen LogP contribution in [0, 0.1) is 0 Å². The summed E-state index contributed by atoms with van der Waals surface area (Å²) in [6.45, 7) is 0.0556. The van der Waals surface area contributed by atoms with Crippen LogP contribution in [0.4, 0.5) is 0 Å². The molecule has 0 aliphatic carbocycles. The molecule has 0 saturated carbocycles. The van der Waals surface area contributed by atoms with Crippen LogP contribution in [-0.2, 0) is 11.3 Å². The van der Waals surface area contributed by atoms with E-state index >= 15 is 0 Å². The van der Waals surface area contributed by atoms with Gasteiger partial charge < -0.3 is 14.5 Å². The number of nitrogens with one attached hydrogen (secondary N) is 1. The van der Waals surface area contributed by atoms with Crippen LogP contribution >= 0.6 is 11.6 Å². The summed E-state index contributed by atoms with van der Waals surface area (Å²) >= 11 is 6.04. The maximum atomic E-state index is 13.1. The van der Waals surface area contributed by atoms with E-state index in [1.165, 1.54) is 6.07 Å². The zero-order chi connectivity index (χ0) is 20.9. The Kier molecular flexibility index (Phi) is 5.82. The van der Waals surface area contributed by atoms with Crippen molar-refractivity contribution in [3.63, 3.8) is 0 Å². The van der Waals surface area contributed by atoms with Gasteiger partial charge in [0.1, 0.15) is 5.58 Å². The summed E-state index contributed by atoms with van der Waals surface area (Å²) < 4.78 is 11.6. The van der Waals surface area contributed by atoms with Gasteiger partial charge in [0, 0.05) is 17.1 Å². The van der Waals surface area contributed by atoms with E-state index in [2.05, 4.69) is 5.32 Å². The van der Waals surface area contributed by atoms with Crippen molar-refractivity contribution in [3.05, 3.63) is 99.7 Å². The van der Waals surface area contributed by atoms with Crippen molar-refractivity contribution < 1.29 is 13.9 Å². The largest absolute Gasteiger partial charge is 0.476 e. The number of hydrogen-bond donors (Lipinski definition) is 1. The number of ether oxygens (including phenoxy) is 1. The summed E-state index contributed by atoms with van der Waals surface area (Å²) in [6.07, 6.45) is 0. The fourth-order valence-electron chi connectivity index (χ4n) is 3.05. The topological polar surface area (TPSA) is 68.5 Å². The first-order valence-electron chi connectivity index (χ1n) is 9.37. The highest BCUT2D eigenvalue weighted by Gasteiger charge is 2.19. The lowest BCUT2D eigenvalue weighted by atomic mass is 10.1. The van der Waals surface area contributed by atoms with Gasteiger partial charge in [0.25, 0.3) is 5.91 Å². The number of halogens is 1. The highest BCUT2D eigenvalue weighted by Crippen LogP contribution is 2.31. The summed E-state index contributed by atoms with van der Waals surface area (Å²) in [6, 6.07) is 23.5. The van der Waals surface area contributed by atoms with E-state index < -0.39 is 0 Å². The Balaban J connectivity index is 1.62. The van der Waals surface area contributed by atoms with Gasteiger partial charge in [0.05, 0.1) is 5.39 Å². The van der Waals surface area contributed by atoms with Crippen molar-refractivity contribution in [3.8, 4) is 17.1 Å². The molecule has 0 aliphatic rings. The lowest BCUT2D eigenvalue weighted by Crippen LogP contribution is -2.29. The number of fused-ring (bicyclic) bond motifs is 1. The molecular formula is C24H18ClNO4. The molecule has 0 atom stereocenters. The maximum Gasteiger partial charge on any atom is 0.258 e. The molecule has 5 nitrogen and oxygen atoms in total. The Hall–Kier alpha value is -3.57. The summed E-state index contributed by atoms with van der Waals surface area (Å²) in [5.41, 5.74) is 1.65. The second-order valence-electron chi connectivity index (χ2n) is 6.65. The summed E-state index contributed by atoms with van der Waals surface area (Å²) in [4.78, 5) is 25.4. The smallest absolute Gasteiger partial charge is 0.258 e. The second kappa shape index (κ2) is 8.84. The SMILES string of the molecule is O=C(COc1c(-c2ccccc2)oc2ccc(Cl)cc2c1=O)NCc1ccccc1. The van der Waals surface area contributed by atoms with Crippen molar-refractivity contribution in [2.45, 2.75) is 6.54 Å². The van der Waals surface area contributed by atoms with Crippen LogP contribution < -0.4 is 15.5 Å². The Labute approximate surface area is 177 Å². The van der Waals surface area contributed by atoms with Gasteiger partial charge in [-0.25, -0.2) is 0 Å². The van der Waals surface area contributed by atoms with Crippen molar-refractivity contribution in [1.82, 2.24) is 5.32 Å². The molecule has 0 spiro atoms. The lowest BCUT2D eigenvalue weighted by molar-refractivity contribution is -0.123. The minimum absolute atomic E-state index is 0.0224. The molecule has 3 aromatic carbocycles. The van der Waals surface area contributed by atoms with Gasteiger partial charge in [-0.05, 0) is 23.8 Å². The molecule has 0 bridgehead atoms. The van der Waals surface area contributed by atoms with Crippen molar-refractivity contribution in [2.75, 3.05) is 6.61 Å². The van der Waals surface area contributed by atoms with E-state index in [-0.39, 0.29) is 29.5 Å². The molecule has 0 aliphatic heterocycles. The molecule has 0 saturated heterocycles.